The Balaban J connectivity index is 0.918. The van der Waals surface area contributed by atoms with Gasteiger partial charge >= 0.3 is 0 Å². The zero-order chi connectivity index (χ0) is 57.0. The predicted molar refractivity (Wildman–Crippen MR) is 328 cm³/mol. The van der Waals surface area contributed by atoms with E-state index in [4.69, 9.17) is 2.74 Å². The average molecular weight is 1010 g/mol. The molecule has 0 radical (unpaired) electrons. The van der Waals surface area contributed by atoms with Crippen molar-refractivity contribution < 1.29 is 5.48 Å². The first-order valence-corrected chi connectivity index (χ1v) is 28.6. The van der Waals surface area contributed by atoms with Crippen LogP contribution < -0.4 is 0 Å². The fourth-order valence-electron chi connectivity index (χ4n) is 13.6. The summed E-state index contributed by atoms with van der Waals surface area (Å²) in [7, 11) is 0. The second kappa shape index (κ2) is 19.5. The summed E-state index contributed by atoms with van der Waals surface area (Å²) in [5.41, 5.74) is 27.6. The van der Waals surface area contributed by atoms with Crippen LogP contribution in [0.3, 0.4) is 0 Å². The van der Waals surface area contributed by atoms with Crippen molar-refractivity contribution in [1.29, 1.82) is 0 Å². The first-order chi connectivity index (χ1) is 38.5. The molecular weight excluding hydrogens is 925 g/mol. The first kappa shape index (κ1) is 46.1. The van der Waals surface area contributed by atoms with Gasteiger partial charge in [-0.2, -0.15) is 0 Å². The molecule has 0 saturated heterocycles. The van der Waals surface area contributed by atoms with Gasteiger partial charge in [-0.1, -0.05) is 256 Å². The molecule has 77 heavy (non-hydrogen) atoms. The van der Waals surface area contributed by atoms with Gasteiger partial charge in [-0.05, 0) is 196 Å². The molecule has 0 amide bonds. The van der Waals surface area contributed by atoms with Crippen molar-refractivity contribution in [3.63, 3.8) is 0 Å². The average Bonchev–Trinajstić information content (AvgIpc) is 4.01. The van der Waals surface area contributed by atoms with Crippen molar-refractivity contribution in [2.45, 2.75) is 148 Å². The van der Waals surface area contributed by atoms with Gasteiger partial charge in [0.2, 0.25) is 0 Å². The molecular formula is C77H78. The van der Waals surface area contributed by atoms with E-state index < -0.39 is 0 Å². The monoisotopic (exact) mass is 1010 g/mol. The Morgan fingerprint density at radius 3 is 1.70 bits per heavy atom. The van der Waals surface area contributed by atoms with Crippen LogP contribution in [-0.4, -0.2) is 0 Å². The maximum atomic E-state index is 9.50. The molecule has 0 heterocycles. The molecule has 12 rings (SSSR count). The van der Waals surface area contributed by atoms with Crippen LogP contribution in [0.1, 0.15) is 194 Å². The van der Waals surface area contributed by atoms with E-state index >= 15 is 0 Å². The van der Waals surface area contributed by atoms with Gasteiger partial charge in [0, 0.05) is 11.8 Å². The van der Waals surface area contributed by atoms with E-state index in [0.29, 0.717) is 17.0 Å². The molecule has 0 heteroatoms. The fourth-order valence-corrected chi connectivity index (χ4v) is 13.6. The van der Waals surface area contributed by atoms with E-state index in [-0.39, 0.29) is 58.2 Å². The van der Waals surface area contributed by atoms with Crippen LogP contribution in [0.5, 0.6) is 0 Å². The van der Waals surface area contributed by atoms with Crippen molar-refractivity contribution >= 4 is 0 Å². The van der Waals surface area contributed by atoms with E-state index in [2.05, 4.69) is 233 Å². The van der Waals surface area contributed by atoms with Gasteiger partial charge in [-0.25, -0.2) is 0 Å². The van der Waals surface area contributed by atoms with E-state index in [1.54, 1.807) is 6.92 Å². The van der Waals surface area contributed by atoms with E-state index in [9.17, 15) is 2.74 Å². The summed E-state index contributed by atoms with van der Waals surface area (Å²) in [4.78, 5) is 0. The molecule has 386 valence electrons. The second-order valence-corrected chi connectivity index (χ2v) is 26.1. The molecule has 9 aromatic rings. The summed E-state index contributed by atoms with van der Waals surface area (Å²) in [6.07, 6.45) is 5.05. The minimum atomic E-state index is -0.104. The smallest absolute Gasteiger partial charge is 0.0620 e. The maximum Gasteiger partial charge on any atom is 0.0629 e. The standard InChI is InChI=1S/C77H78/c1-48-26-30-54(31-27-48)61-23-17-24-62(56-44-58(76(6,7)8)46-59(45-56)77(9,10)11)74(61)72-47-70(64-20-12-13-21-65(64)72)66-25-16-18-52-32-28-50(42-69(52)66)41-51-29-38-67-63-19-14-15-22-68(63)73(71(67)43-51)55-35-39-60(49(2)40-55)53-33-36-57(37-34-53)75(3,4)5/h12-15,17,19-24,26-40,42-46,66,70,72-73H,16,18,25,41,47H2,1-11H3/i26D,27D,30D,31D. The van der Waals surface area contributed by atoms with Crippen LogP contribution in [0.25, 0.3) is 44.5 Å². The normalized spacial score (nSPS) is 18.6. The lowest BCUT2D eigenvalue weighted by Gasteiger charge is -2.32. The highest BCUT2D eigenvalue weighted by Crippen LogP contribution is 2.57. The summed E-state index contributed by atoms with van der Waals surface area (Å²) in [6.45, 7) is 24.5. The van der Waals surface area contributed by atoms with Crippen molar-refractivity contribution in [3.05, 3.63) is 271 Å². The summed E-state index contributed by atoms with van der Waals surface area (Å²) in [5, 5.41) is 0. The number of rotatable bonds is 8. The van der Waals surface area contributed by atoms with Crippen molar-refractivity contribution in [1.82, 2.24) is 0 Å². The Hall–Kier alpha value is -7.02. The Morgan fingerprint density at radius 2 is 1.03 bits per heavy atom. The molecule has 4 atom stereocenters. The predicted octanol–water partition coefficient (Wildman–Crippen LogP) is 20.7. The van der Waals surface area contributed by atoms with Gasteiger partial charge in [0.05, 0.1) is 5.48 Å². The third kappa shape index (κ3) is 9.55. The van der Waals surface area contributed by atoms with Gasteiger partial charge in [0.25, 0.3) is 0 Å². The van der Waals surface area contributed by atoms with Crippen molar-refractivity contribution in [2.75, 3.05) is 0 Å². The van der Waals surface area contributed by atoms with E-state index in [0.717, 1.165) is 54.4 Å². The second-order valence-electron chi connectivity index (χ2n) is 26.1. The number of aryl methyl sites for hydroxylation is 2. The molecule has 4 unspecified atom stereocenters. The van der Waals surface area contributed by atoms with Crippen molar-refractivity contribution in [2.24, 2.45) is 0 Å². The lowest BCUT2D eigenvalue weighted by Crippen LogP contribution is -2.17. The van der Waals surface area contributed by atoms with E-state index in [1.165, 1.54) is 94.6 Å². The Kier molecular flexibility index (Phi) is 11.7. The zero-order valence-corrected chi connectivity index (χ0v) is 47.4. The number of benzene rings is 9. The van der Waals surface area contributed by atoms with Gasteiger partial charge in [0.1, 0.15) is 0 Å². The molecule has 0 aromatic heterocycles. The van der Waals surface area contributed by atoms with Crippen LogP contribution in [0.4, 0.5) is 0 Å². The number of hydrogen-bond donors (Lipinski definition) is 0. The molecule has 0 aliphatic heterocycles. The van der Waals surface area contributed by atoms with Gasteiger partial charge in [-0.3, -0.25) is 0 Å². The quantitative estimate of drug-likeness (QED) is 0.142. The molecule has 0 N–H and O–H groups in total. The zero-order valence-electron chi connectivity index (χ0n) is 51.4. The van der Waals surface area contributed by atoms with E-state index in [1.807, 2.05) is 0 Å². The van der Waals surface area contributed by atoms with Crippen molar-refractivity contribution in [3.8, 4) is 44.5 Å². The molecule has 0 bridgehead atoms. The largest absolute Gasteiger partial charge is 0.0629 e. The van der Waals surface area contributed by atoms with Crippen LogP contribution in [0, 0.1) is 13.8 Å². The summed E-state index contributed by atoms with van der Waals surface area (Å²) in [5.74, 6) is 0.658. The Bertz CT molecular complexity index is 3880. The van der Waals surface area contributed by atoms with Gasteiger partial charge < -0.3 is 0 Å². The minimum Gasteiger partial charge on any atom is -0.0620 e. The fraction of sp³-hybridized carbons (Fsp3) is 0.299. The summed E-state index contributed by atoms with van der Waals surface area (Å²) >= 11 is 0. The third-order valence-corrected chi connectivity index (χ3v) is 17.8. The highest BCUT2D eigenvalue weighted by Gasteiger charge is 2.41. The minimum absolute atomic E-state index is 0.0214. The number of hydrogen-bond acceptors (Lipinski definition) is 0. The summed E-state index contributed by atoms with van der Waals surface area (Å²) in [6, 6.07) is 62.6. The van der Waals surface area contributed by atoms with Gasteiger partial charge in [-0.15, -0.1) is 0 Å². The van der Waals surface area contributed by atoms with Crippen LogP contribution in [0.15, 0.2) is 188 Å². The molecule has 3 aliphatic carbocycles. The Morgan fingerprint density at radius 1 is 0.442 bits per heavy atom. The van der Waals surface area contributed by atoms with Crippen LogP contribution in [0.2, 0.25) is 0 Å². The Labute approximate surface area is 467 Å². The molecule has 0 nitrogen and oxygen atoms in total. The van der Waals surface area contributed by atoms with Gasteiger partial charge in [0.15, 0.2) is 0 Å². The SMILES string of the molecule is [2H]c1c([2H])c(-c2cccc(-c3cc(C(C)(C)C)cc(C(C)(C)C)c3)c2C2CC(C3CCCc4ccc(Cc5ccc6c(c5)C(c5ccc(-c7ccc(C(C)(C)C)cc7)c(C)c5)c5ccccc5-6)cc43)c3ccccc32)c([2H])c([2H])c1C. The maximum absolute atomic E-state index is 9.50. The lowest BCUT2D eigenvalue weighted by atomic mass is 9.72. The third-order valence-electron chi connectivity index (χ3n) is 17.8. The van der Waals surface area contributed by atoms with Crippen LogP contribution >= 0.6 is 0 Å². The highest BCUT2D eigenvalue weighted by molar-refractivity contribution is 5.83. The first-order valence-electron chi connectivity index (χ1n) is 30.6. The lowest BCUT2D eigenvalue weighted by molar-refractivity contribution is 0.454. The topological polar surface area (TPSA) is 0 Å². The molecule has 9 aromatic carbocycles. The molecule has 0 fully saturated rings. The van der Waals surface area contributed by atoms with Crippen LogP contribution in [-0.2, 0) is 29.1 Å². The number of fused-ring (bicyclic) bond motifs is 5. The molecule has 0 spiro atoms. The molecule has 0 saturated carbocycles. The molecule has 3 aliphatic rings. The highest BCUT2D eigenvalue weighted by atomic mass is 14.4. The summed E-state index contributed by atoms with van der Waals surface area (Å²) < 4.78 is 37.1.